The van der Waals surface area contributed by atoms with Crippen LogP contribution in [0.25, 0.3) is 5.57 Å². The predicted molar refractivity (Wildman–Crippen MR) is 148 cm³/mol. The molecule has 2 aromatic carbocycles. The van der Waals surface area contributed by atoms with Gasteiger partial charge in [-0.05, 0) is 103 Å². The maximum absolute atomic E-state index is 4.72. The molecule has 1 nitrogen and oxygen atoms in total. The van der Waals surface area contributed by atoms with Gasteiger partial charge >= 0.3 is 0 Å². The van der Waals surface area contributed by atoms with E-state index in [9.17, 15) is 0 Å². The number of aryl methyl sites for hydroxylation is 2. The number of pyridine rings is 1. The number of hydrogen-bond acceptors (Lipinski definition) is 1. The van der Waals surface area contributed by atoms with E-state index in [0.29, 0.717) is 0 Å². The fraction of sp³-hybridized carbons (Fsp3) is 0.382. The van der Waals surface area contributed by atoms with Crippen molar-refractivity contribution in [3.8, 4) is 0 Å². The first-order chi connectivity index (χ1) is 17.1. The van der Waals surface area contributed by atoms with Gasteiger partial charge in [0.05, 0.1) is 0 Å². The summed E-state index contributed by atoms with van der Waals surface area (Å²) in [7, 11) is 0. The molecule has 1 aromatic heterocycles. The summed E-state index contributed by atoms with van der Waals surface area (Å²) in [5.74, 6) is 1.79. The van der Waals surface area contributed by atoms with Crippen LogP contribution in [-0.2, 0) is 19.3 Å². The van der Waals surface area contributed by atoms with E-state index in [0.717, 1.165) is 37.5 Å². The van der Waals surface area contributed by atoms with Crippen molar-refractivity contribution in [2.45, 2.75) is 71.6 Å². The Hall–Kier alpha value is -2.93. The number of allylic oxidation sites excluding steroid dienone is 4. The number of hydrogen-bond donors (Lipinski definition) is 0. The Morgan fingerprint density at radius 3 is 2.51 bits per heavy atom. The number of rotatable bonds is 8. The quantitative estimate of drug-likeness (QED) is 0.327. The molecule has 5 rings (SSSR count). The van der Waals surface area contributed by atoms with Gasteiger partial charge < -0.3 is 0 Å². The van der Waals surface area contributed by atoms with E-state index < -0.39 is 0 Å². The van der Waals surface area contributed by atoms with Crippen LogP contribution in [0.4, 0.5) is 0 Å². The molecule has 0 aliphatic heterocycles. The Balaban J connectivity index is 1.17. The molecule has 0 amide bonds. The van der Waals surface area contributed by atoms with Crippen molar-refractivity contribution < 1.29 is 0 Å². The van der Waals surface area contributed by atoms with Crippen LogP contribution in [0.1, 0.15) is 79.0 Å². The van der Waals surface area contributed by atoms with E-state index in [1.54, 1.807) is 0 Å². The van der Waals surface area contributed by atoms with Gasteiger partial charge in [-0.15, -0.1) is 0 Å². The second-order valence-corrected chi connectivity index (χ2v) is 11.0. The molecule has 0 N–H and O–H groups in total. The molecule has 1 heterocycles. The van der Waals surface area contributed by atoms with Gasteiger partial charge in [-0.3, -0.25) is 4.98 Å². The van der Waals surface area contributed by atoms with Crippen LogP contribution in [0, 0.1) is 18.8 Å². The van der Waals surface area contributed by atoms with Gasteiger partial charge in [-0.2, -0.15) is 0 Å². The molecular formula is C34H39N. The highest BCUT2D eigenvalue weighted by atomic mass is 14.7. The average molecular weight is 462 g/mol. The van der Waals surface area contributed by atoms with Crippen molar-refractivity contribution in [1.82, 2.24) is 4.98 Å². The smallest absolute Gasteiger partial charge is 0.0453 e. The van der Waals surface area contributed by atoms with Crippen LogP contribution < -0.4 is 0 Å². The zero-order chi connectivity index (χ0) is 24.0. The lowest BCUT2D eigenvalue weighted by Crippen LogP contribution is -2.14. The van der Waals surface area contributed by atoms with Crippen LogP contribution >= 0.6 is 0 Å². The largest absolute Gasteiger partial charge is 0.261 e. The van der Waals surface area contributed by atoms with Crippen molar-refractivity contribution in [3.63, 3.8) is 0 Å². The predicted octanol–water partition coefficient (Wildman–Crippen LogP) is 8.70. The fourth-order valence-electron chi connectivity index (χ4n) is 5.85. The lowest BCUT2D eigenvalue weighted by atomic mass is 9.80. The van der Waals surface area contributed by atoms with Gasteiger partial charge in [0.2, 0.25) is 0 Å². The van der Waals surface area contributed by atoms with Gasteiger partial charge in [-0.1, -0.05) is 86.0 Å². The number of benzene rings is 2. The maximum Gasteiger partial charge on any atom is 0.0453 e. The van der Waals surface area contributed by atoms with E-state index in [1.165, 1.54) is 76.8 Å². The summed E-state index contributed by atoms with van der Waals surface area (Å²) in [6.07, 6.45) is 17.7. The lowest BCUT2D eigenvalue weighted by Gasteiger charge is -2.26. The van der Waals surface area contributed by atoms with Crippen LogP contribution in [0.15, 0.2) is 84.6 Å². The zero-order valence-corrected chi connectivity index (χ0v) is 21.5. The van der Waals surface area contributed by atoms with Crippen LogP contribution in [-0.4, -0.2) is 4.98 Å². The van der Waals surface area contributed by atoms with Crippen LogP contribution in [0.2, 0.25) is 0 Å². The maximum atomic E-state index is 4.72. The highest BCUT2D eigenvalue weighted by Gasteiger charge is 2.18. The molecule has 35 heavy (non-hydrogen) atoms. The summed E-state index contributed by atoms with van der Waals surface area (Å²) in [4.78, 5) is 4.72. The van der Waals surface area contributed by atoms with Gasteiger partial charge in [0, 0.05) is 18.3 Å². The monoisotopic (exact) mass is 461 g/mol. The van der Waals surface area contributed by atoms with Crippen molar-refractivity contribution in [2.24, 2.45) is 11.8 Å². The molecule has 0 unspecified atom stereocenters. The molecule has 2 aliphatic rings. The van der Waals surface area contributed by atoms with E-state index in [4.69, 9.17) is 4.98 Å². The van der Waals surface area contributed by atoms with Gasteiger partial charge in [0.15, 0.2) is 0 Å². The van der Waals surface area contributed by atoms with Crippen molar-refractivity contribution in [2.75, 3.05) is 0 Å². The first-order valence-electron chi connectivity index (χ1n) is 13.6. The second-order valence-electron chi connectivity index (χ2n) is 11.0. The van der Waals surface area contributed by atoms with E-state index in [-0.39, 0.29) is 0 Å². The first-order valence-corrected chi connectivity index (χ1v) is 13.6. The fourth-order valence-corrected chi connectivity index (χ4v) is 5.85. The van der Waals surface area contributed by atoms with Gasteiger partial charge in [-0.25, -0.2) is 0 Å². The molecule has 0 bridgehead atoms. The SMILES string of the molecule is Cc1ccccc1CCC1=CC=C(c2ccnc(Cc3cccc(CC4CCC(C)CC4)c3)c2)C1. The molecule has 1 saturated carbocycles. The molecule has 0 atom stereocenters. The Bertz CT molecular complexity index is 1210. The summed E-state index contributed by atoms with van der Waals surface area (Å²) < 4.78 is 0. The zero-order valence-electron chi connectivity index (χ0n) is 21.5. The van der Waals surface area contributed by atoms with Crippen molar-refractivity contribution >= 4 is 5.57 Å². The molecule has 1 heteroatoms. The van der Waals surface area contributed by atoms with Crippen molar-refractivity contribution in [1.29, 1.82) is 0 Å². The molecule has 0 saturated heterocycles. The Labute approximate surface area is 212 Å². The molecule has 180 valence electrons. The van der Waals surface area contributed by atoms with E-state index in [2.05, 4.69) is 86.7 Å². The summed E-state index contributed by atoms with van der Waals surface area (Å²) in [6, 6.07) is 22.5. The molecule has 0 spiro atoms. The van der Waals surface area contributed by atoms with Crippen LogP contribution in [0.3, 0.4) is 0 Å². The topological polar surface area (TPSA) is 12.9 Å². The van der Waals surface area contributed by atoms with E-state index in [1.807, 2.05) is 6.20 Å². The Morgan fingerprint density at radius 2 is 1.66 bits per heavy atom. The summed E-state index contributed by atoms with van der Waals surface area (Å²) in [5, 5.41) is 0. The third-order valence-electron chi connectivity index (χ3n) is 8.14. The van der Waals surface area contributed by atoms with Gasteiger partial charge in [0.1, 0.15) is 0 Å². The van der Waals surface area contributed by atoms with Crippen LogP contribution in [0.5, 0.6) is 0 Å². The molecular weight excluding hydrogens is 422 g/mol. The minimum absolute atomic E-state index is 0.865. The van der Waals surface area contributed by atoms with Gasteiger partial charge in [0.25, 0.3) is 0 Å². The molecule has 1 fully saturated rings. The highest BCUT2D eigenvalue weighted by Crippen LogP contribution is 2.32. The van der Waals surface area contributed by atoms with E-state index >= 15 is 0 Å². The molecule has 0 radical (unpaired) electrons. The summed E-state index contributed by atoms with van der Waals surface area (Å²) in [5.41, 5.74) is 11.2. The summed E-state index contributed by atoms with van der Waals surface area (Å²) >= 11 is 0. The minimum Gasteiger partial charge on any atom is -0.261 e. The summed E-state index contributed by atoms with van der Waals surface area (Å²) in [6.45, 7) is 4.62. The number of nitrogens with zero attached hydrogens (tertiary/aromatic N) is 1. The lowest BCUT2D eigenvalue weighted by molar-refractivity contribution is 0.289. The van der Waals surface area contributed by atoms with Crippen molar-refractivity contribution in [3.05, 3.63) is 118 Å². The highest BCUT2D eigenvalue weighted by molar-refractivity contribution is 5.72. The second kappa shape index (κ2) is 11.2. The molecule has 2 aliphatic carbocycles. The third-order valence-corrected chi connectivity index (χ3v) is 8.14. The standard InChI is InChI=1S/C34H39N/c1-25-10-12-27(13-11-25)20-29-7-5-8-30(21-29)23-34-24-33(18-19-35-34)32-17-15-28(22-32)14-16-31-9-4-3-6-26(31)2/h3-9,15,17-19,21,24-25,27H,10-14,16,20,22-23H2,1-2H3. The average Bonchev–Trinajstić information content (AvgIpc) is 3.35. The third kappa shape index (κ3) is 6.40. The first kappa shape index (κ1) is 23.8. The minimum atomic E-state index is 0.865. The Morgan fingerprint density at radius 1 is 0.829 bits per heavy atom. The normalized spacial score (nSPS) is 19.9. The Kier molecular flexibility index (Phi) is 7.62. The number of aromatic nitrogens is 1. The molecule has 3 aromatic rings.